The first-order chi connectivity index (χ1) is 10.0. The molecule has 2 unspecified atom stereocenters. The Bertz CT molecular complexity index is 586. The maximum atomic E-state index is 12.3. The predicted molar refractivity (Wildman–Crippen MR) is 83.3 cm³/mol. The van der Waals surface area contributed by atoms with Crippen LogP contribution in [0.1, 0.15) is 31.9 Å². The van der Waals surface area contributed by atoms with Gasteiger partial charge >= 0.3 is 12.0 Å². The van der Waals surface area contributed by atoms with Gasteiger partial charge in [0, 0.05) is 10.2 Å². The average Bonchev–Trinajstić information content (AvgIpc) is 2.44. The Labute approximate surface area is 131 Å². The van der Waals surface area contributed by atoms with Crippen LogP contribution in [0.4, 0.5) is 4.79 Å². The molecule has 1 aliphatic heterocycles. The first kappa shape index (κ1) is 15.7. The van der Waals surface area contributed by atoms with Gasteiger partial charge in [-0.05, 0) is 25.0 Å². The molecule has 21 heavy (non-hydrogen) atoms. The molecule has 5 nitrogen and oxygen atoms in total. The van der Waals surface area contributed by atoms with E-state index in [0.717, 1.165) is 16.5 Å². The van der Waals surface area contributed by atoms with Gasteiger partial charge in [-0.3, -0.25) is 4.79 Å². The van der Waals surface area contributed by atoms with E-state index in [9.17, 15) is 9.59 Å². The Morgan fingerprint density at radius 2 is 2.14 bits per heavy atom. The van der Waals surface area contributed by atoms with Crippen molar-refractivity contribution in [2.45, 2.75) is 26.3 Å². The average molecular weight is 353 g/mol. The summed E-state index contributed by atoms with van der Waals surface area (Å²) in [4.78, 5) is 27.8. The molecule has 0 saturated carbocycles. The van der Waals surface area contributed by atoms with Gasteiger partial charge < -0.3 is 10.1 Å². The number of ether oxygens (including phenoxy) is 1. The van der Waals surface area contributed by atoms with Crippen molar-refractivity contribution in [3.8, 4) is 0 Å². The number of hydrogen-bond donors (Lipinski definition) is 1. The molecule has 1 aromatic rings. The number of rotatable bonds is 4. The van der Waals surface area contributed by atoms with Crippen LogP contribution in [-0.2, 0) is 9.53 Å². The zero-order chi connectivity index (χ0) is 15.4. The van der Waals surface area contributed by atoms with E-state index < -0.39 is 18.0 Å². The van der Waals surface area contributed by atoms with Crippen molar-refractivity contribution >= 4 is 33.6 Å². The molecule has 0 saturated heterocycles. The molecule has 0 aromatic heterocycles. The molecule has 0 radical (unpaired) electrons. The number of amides is 2. The van der Waals surface area contributed by atoms with Crippen molar-refractivity contribution < 1.29 is 14.3 Å². The van der Waals surface area contributed by atoms with Crippen LogP contribution in [0.3, 0.4) is 0 Å². The summed E-state index contributed by atoms with van der Waals surface area (Å²) in [7, 11) is 0. The third-order valence-corrected chi connectivity index (χ3v) is 4.01. The number of nitrogens with one attached hydrogen (secondary N) is 1. The van der Waals surface area contributed by atoms with Crippen molar-refractivity contribution in [2.75, 3.05) is 6.61 Å². The molecule has 2 amide bonds. The first-order valence-corrected chi connectivity index (χ1v) is 7.60. The minimum absolute atomic E-state index is 0.360. The lowest BCUT2D eigenvalue weighted by atomic mass is 9.88. The zero-order valence-corrected chi connectivity index (χ0v) is 13.5. The molecule has 0 bridgehead atoms. The van der Waals surface area contributed by atoms with Crippen molar-refractivity contribution in [1.29, 1.82) is 0 Å². The molecule has 0 fully saturated rings. The normalized spacial score (nSPS) is 21.5. The maximum absolute atomic E-state index is 12.3. The molecular formula is C15H17BrN2O3. The Morgan fingerprint density at radius 3 is 2.81 bits per heavy atom. The van der Waals surface area contributed by atoms with Gasteiger partial charge in [-0.25, -0.2) is 9.79 Å². The minimum atomic E-state index is -0.604. The Kier molecular flexibility index (Phi) is 5.12. The largest absolute Gasteiger partial charge is 0.465 e. The van der Waals surface area contributed by atoms with E-state index in [-0.39, 0.29) is 5.97 Å². The molecule has 2 rings (SSSR count). The van der Waals surface area contributed by atoms with Gasteiger partial charge in [-0.1, -0.05) is 41.1 Å². The lowest BCUT2D eigenvalue weighted by Gasteiger charge is -2.30. The van der Waals surface area contributed by atoms with Crippen LogP contribution < -0.4 is 5.32 Å². The van der Waals surface area contributed by atoms with E-state index in [1.807, 2.05) is 31.2 Å². The van der Waals surface area contributed by atoms with Crippen LogP contribution in [0.25, 0.3) is 0 Å². The number of halogens is 1. The van der Waals surface area contributed by atoms with Crippen molar-refractivity contribution in [2.24, 2.45) is 10.9 Å². The SMILES string of the molecule is CCCOC(=O)C1C(C)=NC(=O)NC1c1ccccc1Br. The fourth-order valence-corrected chi connectivity index (χ4v) is 2.83. The number of hydrogen-bond acceptors (Lipinski definition) is 3. The number of esters is 1. The molecule has 0 aliphatic carbocycles. The second kappa shape index (κ2) is 6.85. The first-order valence-electron chi connectivity index (χ1n) is 6.81. The molecule has 6 heteroatoms. The smallest absolute Gasteiger partial charge is 0.341 e. The summed E-state index contributed by atoms with van der Waals surface area (Å²) in [5.41, 5.74) is 1.30. The topological polar surface area (TPSA) is 67.8 Å². The van der Waals surface area contributed by atoms with Crippen LogP contribution in [0.2, 0.25) is 0 Å². The Balaban J connectivity index is 2.36. The quantitative estimate of drug-likeness (QED) is 0.845. The van der Waals surface area contributed by atoms with E-state index in [2.05, 4.69) is 26.2 Å². The summed E-state index contributed by atoms with van der Waals surface area (Å²) in [5, 5.41) is 2.75. The predicted octanol–water partition coefficient (Wildman–Crippen LogP) is 3.24. The van der Waals surface area contributed by atoms with E-state index >= 15 is 0 Å². The lowest BCUT2D eigenvalue weighted by molar-refractivity contribution is -0.147. The van der Waals surface area contributed by atoms with Crippen LogP contribution in [0.15, 0.2) is 33.7 Å². The maximum Gasteiger partial charge on any atom is 0.341 e. The summed E-state index contributed by atoms with van der Waals surface area (Å²) in [5.74, 6) is -0.966. The summed E-state index contributed by atoms with van der Waals surface area (Å²) < 4.78 is 6.07. The number of aliphatic imine (C=N–C) groups is 1. The van der Waals surface area contributed by atoms with Crippen LogP contribution in [-0.4, -0.2) is 24.3 Å². The fraction of sp³-hybridized carbons (Fsp3) is 0.400. The zero-order valence-electron chi connectivity index (χ0n) is 11.9. The molecule has 1 heterocycles. The third-order valence-electron chi connectivity index (χ3n) is 3.28. The summed E-state index contributed by atoms with van der Waals surface area (Å²) in [6.07, 6.45) is 0.751. The monoisotopic (exact) mass is 352 g/mol. The van der Waals surface area contributed by atoms with E-state index in [0.29, 0.717) is 12.3 Å². The van der Waals surface area contributed by atoms with Crippen molar-refractivity contribution in [3.05, 3.63) is 34.3 Å². The van der Waals surface area contributed by atoms with Gasteiger partial charge in [-0.2, -0.15) is 0 Å². The van der Waals surface area contributed by atoms with Crippen molar-refractivity contribution in [3.63, 3.8) is 0 Å². The molecule has 2 atom stereocenters. The number of nitrogens with zero attached hydrogens (tertiary/aromatic N) is 1. The number of carbonyl (C=O) groups excluding carboxylic acids is 2. The minimum Gasteiger partial charge on any atom is -0.465 e. The Morgan fingerprint density at radius 1 is 1.43 bits per heavy atom. The highest BCUT2D eigenvalue weighted by Gasteiger charge is 2.38. The van der Waals surface area contributed by atoms with Crippen LogP contribution in [0, 0.1) is 5.92 Å². The third kappa shape index (κ3) is 3.50. The summed E-state index contributed by atoms with van der Waals surface area (Å²) >= 11 is 3.46. The second-order valence-electron chi connectivity index (χ2n) is 4.85. The summed E-state index contributed by atoms with van der Waals surface area (Å²) in [6.45, 7) is 3.97. The number of carbonyl (C=O) groups is 2. The van der Waals surface area contributed by atoms with Gasteiger partial charge in [0.25, 0.3) is 0 Å². The lowest BCUT2D eigenvalue weighted by Crippen LogP contribution is -2.44. The van der Waals surface area contributed by atoms with Gasteiger partial charge in [0.05, 0.1) is 12.6 Å². The fourth-order valence-electron chi connectivity index (χ4n) is 2.30. The van der Waals surface area contributed by atoms with E-state index in [1.54, 1.807) is 6.92 Å². The van der Waals surface area contributed by atoms with Gasteiger partial charge in [-0.15, -0.1) is 0 Å². The second-order valence-corrected chi connectivity index (χ2v) is 5.70. The molecule has 0 spiro atoms. The van der Waals surface area contributed by atoms with Gasteiger partial charge in [0.2, 0.25) is 0 Å². The van der Waals surface area contributed by atoms with E-state index in [4.69, 9.17) is 4.74 Å². The molecule has 1 aliphatic rings. The number of urea groups is 1. The van der Waals surface area contributed by atoms with E-state index in [1.165, 1.54) is 0 Å². The van der Waals surface area contributed by atoms with Crippen LogP contribution >= 0.6 is 15.9 Å². The summed E-state index contributed by atoms with van der Waals surface area (Å²) in [6, 6.07) is 6.57. The molecule has 112 valence electrons. The highest BCUT2D eigenvalue weighted by molar-refractivity contribution is 9.10. The standard InChI is InChI=1S/C15H17BrN2O3/c1-3-8-21-14(19)12-9(2)17-15(20)18-13(12)10-6-4-5-7-11(10)16/h4-7,12-13H,3,8H2,1-2H3,(H,18,20). The van der Waals surface area contributed by atoms with Gasteiger partial charge in [0.15, 0.2) is 0 Å². The number of benzene rings is 1. The highest BCUT2D eigenvalue weighted by atomic mass is 79.9. The highest BCUT2D eigenvalue weighted by Crippen LogP contribution is 2.32. The molecule has 1 aromatic carbocycles. The van der Waals surface area contributed by atoms with Crippen LogP contribution in [0.5, 0.6) is 0 Å². The molecular weight excluding hydrogens is 336 g/mol. The Hall–Kier alpha value is -1.69. The van der Waals surface area contributed by atoms with Gasteiger partial charge in [0.1, 0.15) is 5.92 Å². The van der Waals surface area contributed by atoms with Crippen molar-refractivity contribution in [1.82, 2.24) is 5.32 Å². The molecule has 1 N–H and O–H groups in total.